The van der Waals surface area contributed by atoms with Crippen LogP contribution in [0.1, 0.15) is 5.56 Å². The van der Waals surface area contributed by atoms with Crippen molar-refractivity contribution in [3.05, 3.63) is 35.4 Å². The number of carbonyl (C=O) groups is 1. The molecule has 0 saturated heterocycles. The molecule has 5 nitrogen and oxygen atoms in total. The molecule has 0 aliphatic carbocycles. The van der Waals surface area contributed by atoms with E-state index in [1.54, 1.807) is 37.4 Å². The van der Waals surface area contributed by atoms with Gasteiger partial charge in [-0.05, 0) is 24.3 Å². The highest BCUT2D eigenvalue weighted by Gasteiger charge is 2.18. The third-order valence-electron chi connectivity index (χ3n) is 2.28. The molecule has 0 atom stereocenters. The van der Waals surface area contributed by atoms with E-state index in [1.165, 1.54) is 14.2 Å². The number of esters is 1. The first kappa shape index (κ1) is 13.6. The van der Waals surface area contributed by atoms with Crippen LogP contribution >= 0.6 is 0 Å². The van der Waals surface area contributed by atoms with Crippen LogP contribution in [0.5, 0.6) is 5.75 Å². The summed E-state index contributed by atoms with van der Waals surface area (Å²) in [6.45, 7) is 0. The Morgan fingerprint density at radius 1 is 1.11 bits per heavy atom. The topological polar surface area (TPSA) is 68.6 Å². The Hall–Kier alpha value is -2.48. The van der Waals surface area contributed by atoms with E-state index in [-0.39, 0.29) is 11.3 Å². The standard InChI is InChI=1S/C13H13NO4/c1-16-10-6-4-9(5-7-10)12(17-2)11(8-14)13(15)18-3/h4-7H,1-3H3. The summed E-state index contributed by atoms with van der Waals surface area (Å²) in [6, 6.07) is 8.58. The second-order valence-electron chi connectivity index (χ2n) is 3.24. The van der Waals surface area contributed by atoms with Crippen molar-refractivity contribution >= 4 is 11.7 Å². The molecule has 0 fully saturated rings. The Kier molecular flexibility index (Phi) is 4.76. The van der Waals surface area contributed by atoms with Gasteiger partial charge >= 0.3 is 5.97 Å². The molecule has 1 rings (SSSR count). The van der Waals surface area contributed by atoms with Gasteiger partial charge in [0.05, 0.1) is 21.3 Å². The van der Waals surface area contributed by atoms with E-state index >= 15 is 0 Å². The number of nitrogens with zero attached hydrogens (tertiary/aromatic N) is 1. The van der Waals surface area contributed by atoms with Gasteiger partial charge in [0.1, 0.15) is 11.8 Å². The summed E-state index contributed by atoms with van der Waals surface area (Å²) in [4.78, 5) is 11.4. The van der Waals surface area contributed by atoms with Gasteiger partial charge in [-0.15, -0.1) is 0 Å². The van der Waals surface area contributed by atoms with E-state index in [2.05, 4.69) is 4.74 Å². The van der Waals surface area contributed by atoms with E-state index in [4.69, 9.17) is 14.7 Å². The second-order valence-corrected chi connectivity index (χ2v) is 3.24. The van der Waals surface area contributed by atoms with Crippen LogP contribution in [0.3, 0.4) is 0 Å². The van der Waals surface area contributed by atoms with Gasteiger partial charge < -0.3 is 14.2 Å². The van der Waals surface area contributed by atoms with E-state index in [0.717, 1.165) is 0 Å². The number of methoxy groups -OCH3 is 3. The first-order valence-corrected chi connectivity index (χ1v) is 5.09. The lowest BCUT2D eigenvalue weighted by molar-refractivity contribution is -0.135. The lowest BCUT2D eigenvalue weighted by atomic mass is 10.1. The van der Waals surface area contributed by atoms with Crippen LogP contribution in [0.25, 0.3) is 5.76 Å². The van der Waals surface area contributed by atoms with Crippen molar-refractivity contribution in [2.75, 3.05) is 21.3 Å². The Morgan fingerprint density at radius 3 is 2.11 bits per heavy atom. The predicted molar refractivity (Wildman–Crippen MR) is 64.6 cm³/mol. The lowest BCUT2D eigenvalue weighted by Gasteiger charge is -2.09. The molecule has 0 amide bonds. The zero-order valence-electron chi connectivity index (χ0n) is 10.4. The zero-order valence-corrected chi connectivity index (χ0v) is 10.4. The molecule has 5 heteroatoms. The van der Waals surface area contributed by atoms with Crippen molar-refractivity contribution in [2.24, 2.45) is 0 Å². The number of rotatable bonds is 4. The molecule has 1 aromatic carbocycles. The van der Waals surface area contributed by atoms with Crippen molar-refractivity contribution in [3.8, 4) is 11.8 Å². The molecular weight excluding hydrogens is 234 g/mol. The molecule has 0 spiro atoms. The smallest absolute Gasteiger partial charge is 0.352 e. The summed E-state index contributed by atoms with van der Waals surface area (Å²) in [5.74, 6) is 0.114. The Labute approximate surface area is 105 Å². The van der Waals surface area contributed by atoms with Crippen molar-refractivity contribution in [2.45, 2.75) is 0 Å². The fourth-order valence-corrected chi connectivity index (χ4v) is 1.40. The highest BCUT2D eigenvalue weighted by atomic mass is 16.5. The quantitative estimate of drug-likeness (QED) is 0.351. The highest BCUT2D eigenvalue weighted by Crippen LogP contribution is 2.22. The second kappa shape index (κ2) is 6.30. The first-order valence-electron chi connectivity index (χ1n) is 5.09. The number of benzene rings is 1. The number of nitriles is 1. The Morgan fingerprint density at radius 2 is 1.72 bits per heavy atom. The van der Waals surface area contributed by atoms with Gasteiger partial charge in [0.15, 0.2) is 11.3 Å². The largest absolute Gasteiger partial charge is 0.497 e. The molecule has 0 aliphatic heterocycles. The zero-order chi connectivity index (χ0) is 13.5. The highest BCUT2D eigenvalue weighted by molar-refractivity contribution is 6.00. The molecule has 0 bridgehead atoms. The van der Waals surface area contributed by atoms with Crippen LogP contribution in [0.4, 0.5) is 0 Å². The van der Waals surface area contributed by atoms with Gasteiger partial charge in [-0.25, -0.2) is 4.79 Å². The number of ether oxygens (including phenoxy) is 3. The van der Waals surface area contributed by atoms with E-state index in [9.17, 15) is 4.79 Å². The van der Waals surface area contributed by atoms with Crippen LogP contribution < -0.4 is 4.74 Å². The minimum atomic E-state index is -0.731. The molecule has 0 radical (unpaired) electrons. The van der Waals surface area contributed by atoms with Gasteiger partial charge in [-0.3, -0.25) is 0 Å². The van der Waals surface area contributed by atoms with Crippen LogP contribution in [-0.4, -0.2) is 27.3 Å². The minimum absolute atomic E-state index is 0.173. The Bertz CT molecular complexity index is 497. The molecule has 1 aromatic rings. The molecule has 94 valence electrons. The molecule has 0 heterocycles. The molecule has 0 unspecified atom stereocenters. The van der Waals surface area contributed by atoms with Crippen LogP contribution in [0.2, 0.25) is 0 Å². The minimum Gasteiger partial charge on any atom is -0.497 e. The molecule has 0 aromatic heterocycles. The summed E-state index contributed by atoms with van der Waals surface area (Å²) in [6.07, 6.45) is 0. The monoisotopic (exact) mass is 247 g/mol. The van der Waals surface area contributed by atoms with Crippen molar-refractivity contribution < 1.29 is 19.0 Å². The summed E-state index contributed by atoms with van der Waals surface area (Å²) < 4.78 is 14.7. The molecule has 0 N–H and O–H groups in total. The number of hydrogen-bond donors (Lipinski definition) is 0. The molecule has 0 aliphatic rings. The normalized spacial score (nSPS) is 11.0. The molecular formula is C13H13NO4. The van der Waals surface area contributed by atoms with Gasteiger partial charge in [-0.1, -0.05) is 0 Å². The van der Waals surface area contributed by atoms with Crippen LogP contribution in [-0.2, 0) is 14.3 Å². The average Bonchev–Trinajstić information content (AvgIpc) is 2.44. The maximum atomic E-state index is 11.4. The Balaban J connectivity index is 3.26. The van der Waals surface area contributed by atoms with E-state index in [1.807, 2.05) is 0 Å². The van der Waals surface area contributed by atoms with Gasteiger partial charge in [-0.2, -0.15) is 5.26 Å². The van der Waals surface area contributed by atoms with Crippen molar-refractivity contribution in [1.82, 2.24) is 0 Å². The van der Waals surface area contributed by atoms with E-state index < -0.39 is 5.97 Å². The average molecular weight is 247 g/mol. The fourth-order valence-electron chi connectivity index (χ4n) is 1.40. The summed E-state index contributed by atoms with van der Waals surface area (Å²) in [5, 5.41) is 8.98. The first-order chi connectivity index (χ1) is 8.67. The number of carbonyl (C=O) groups excluding carboxylic acids is 1. The maximum absolute atomic E-state index is 11.4. The van der Waals surface area contributed by atoms with Crippen LogP contribution in [0, 0.1) is 11.3 Å². The fraction of sp³-hybridized carbons (Fsp3) is 0.231. The predicted octanol–water partition coefficient (Wildman–Crippen LogP) is 1.75. The van der Waals surface area contributed by atoms with Gasteiger partial charge in [0.25, 0.3) is 0 Å². The number of hydrogen-bond acceptors (Lipinski definition) is 5. The molecule has 0 saturated carbocycles. The summed E-state index contributed by atoms with van der Waals surface area (Å²) >= 11 is 0. The summed E-state index contributed by atoms with van der Waals surface area (Å²) in [7, 11) is 4.15. The lowest BCUT2D eigenvalue weighted by Crippen LogP contribution is -2.07. The third kappa shape index (κ3) is 2.80. The summed E-state index contributed by atoms with van der Waals surface area (Å²) in [5.41, 5.74) is 0.422. The van der Waals surface area contributed by atoms with Gasteiger partial charge in [0.2, 0.25) is 0 Å². The van der Waals surface area contributed by atoms with Crippen LogP contribution in [0.15, 0.2) is 29.8 Å². The van der Waals surface area contributed by atoms with E-state index in [0.29, 0.717) is 11.3 Å². The third-order valence-corrected chi connectivity index (χ3v) is 2.28. The van der Waals surface area contributed by atoms with Crippen molar-refractivity contribution in [1.29, 1.82) is 5.26 Å². The van der Waals surface area contributed by atoms with Gasteiger partial charge in [0, 0.05) is 5.56 Å². The SMILES string of the molecule is COC(=O)C(C#N)=C(OC)c1ccc(OC)cc1. The maximum Gasteiger partial charge on any atom is 0.352 e. The van der Waals surface area contributed by atoms with Crippen molar-refractivity contribution in [3.63, 3.8) is 0 Å². The molecule has 18 heavy (non-hydrogen) atoms.